The smallest absolute Gasteiger partial charge is 0.230 e. The summed E-state index contributed by atoms with van der Waals surface area (Å²) in [5.74, 6) is 0.583. The van der Waals surface area contributed by atoms with E-state index in [0.29, 0.717) is 11.1 Å². The van der Waals surface area contributed by atoms with Crippen LogP contribution in [0, 0.1) is 0 Å². The number of halogens is 1. The fourth-order valence-corrected chi connectivity index (χ4v) is 3.34. The van der Waals surface area contributed by atoms with Crippen LogP contribution in [0.1, 0.15) is 13.8 Å². The lowest BCUT2D eigenvalue weighted by Crippen LogP contribution is -2.24. The molecule has 0 atom stereocenters. The van der Waals surface area contributed by atoms with Crippen molar-refractivity contribution in [1.29, 1.82) is 0 Å². The Bertz CT molecular complexity index is 600. The summed E-state index contributed by atoms with van der Waals surface area (Å²) < 4.78 is 0.770. The molecular weight excluding hydrogens is 330 g/mol. The van der Waals surface area contributed by atoms with Gasteiger partial charge in [0.1, 0.15) is 0 Å². The van der Waals surface area contributed by atoms with E-state index in [1.807, 2.05) is 37.7 Å². The third-order valence-corrected chi connectivity index (χ3v) is 4.76. The van der Waals surface area contributed by atoms with Gasteiger partial charge in [-0.3, -0.25) is 0 Å². The van der Waals surface area contributed by atoms with Crippen molar-refractivity contribution in [2.45, 2.75) is 23.3 Å². The van der Waals surface area contributed by atoms with Crippen LogP contribution >= 0.6 is 34.7 Å². The molecule has 0 aromatic carbocycles. The predicted molar refractivity (Wildman–Crippen MR) is 86.8 cm³/mol. The van der Waals surface area contributed by atoms with Crippen LogP contribution in [0.25, 0.3) is 0 Å². The summed E-state index contributed by atoms with van der Waals surface area (Å²) in [6.07, 6.45) is 0. The molecule has 0 bridgehead atoms. The quantitative estimate of drug-likeness (QED) is 0.790. The molecule has 0 amide bonds. The molecule has 2 rings (SSSR count). The van der Waals surface area contributed by atoms with Gasteiger partial charge in [0.2, 0.25) is 21.5 Å². The Kier molecular flexibility index (Phi) is 5.54. The fourth-order valence-electron chi connectivity index (χ4n) is 1.52. The van der Waals surface area contributed by atoms with Crippen molar-refractivity contribution in [3.05, 3.63) is 5.28 Å². The van der Waals surface area contributed by atoms with E-state index >= 15 is 0 Å². The molecule has 0 aliphatic carbocycles. The lowest BCUT2D eigenvalue weighted by atomic mass is 10.5. The standard InChI is InChI=1S/C11H16ClN7S2/c1-5-19(6-2)8-13-7(12)14-9(15-8)20-11-17-16-10(21-11)18(3)4/h5-6H2,1-4H3. The van der Waals surface area contributed by atoms with E-state index in [1.54, 1.807) is 0 Å². The minimum absolute atomic E-state index is 0.187. The fraction of sp³-hybridized carbons (Fsp3) is 0.545. The minimum atomic E-state index is 0.187. The Morgan fingerprint density at radius 3 is 2.38 bits per heavy atom. The number of rotatable bonds is 6. The molecule has 0 unspecified atom stereocenters. The van der Waals surface area contributed by atoms with Crippen LogP contribution in [0.5, 0.6) is 0 Å². The first-order valence-corrected chi connectivity index (χ1v) is 8.39. The summed E-state index contributed by atoms with van der Waals surface area (Å²) in [5, 5.41) is 9.74. The molecule has 0 saturated heterocycles. The largest absolute Gasteiger partial charge is 0.353 e. The first-order chi connectivity index (χ1) is 10.0. The summed E-state index contributed by atoms with van der Waals surface area (Å²) in [7, 11) is 3.85. The molecule has 2 heterocycles. The first kappa shape index (κ1) is 16.2. The van der Waals surface area contributed by atoms with E-state index < -0.39 is 0 Å². The number of anilines is 2. The van der Waals surface area contributed by atoms with Crippen molar-refractivity contribution in [2.24, 2.45) is 0 Å². The maximum absolute atomic E-state index is 5.99. The Morgan fingerprint density at radius 1 is 1.10 bits per heavy atom. The van der Waals surface area contributed by atoms with Crippen LogP contribution in [-0.2, 0) is 0 Å². The Hall–Kier alpha value is -1.19. The second kappa shape index (κ2) is 7.19. The number of hydrogen-bond acceptors (Lipinski definition) is 9. The summed E-state index contributed by atoms with van der Waals surface area (Å²) in [5.41, 5.74) is 0. The van der Waals surface area contributed by atoms with Gasteiger partial charge in [0.05, 0.1) is 0 Å². The van der Waals surface area contributed by atoms with Gasteiger partial charge in [0, 0.05) is 27.2 Å². The van der Waals surface area contributed by atoms with Crippen molar-refractivity contribution < 1.29 is 0 Å². The van der Waals surface area contributed by atoms with Crippen molar-refractivity contribution in [1.82, 2.24) is 25.1 Å². The van der Waals surface area contributed by atoms with E-state index in [-0.39, 0.29) is 5.28 Å². The van der Waals surface area contributed by atoms with E-state index in [1.165, 1.54) is 23.1 Å². The van der Waals surface area contributed by atoms with Crippen molar-refractivity contribution in [2.75, 3.05) is 37.0 Å². The molecule has 114 valence electrons. The molecule has 0 spiro atoms. The lowest BCUT2D eigenvalue weighted by Gasteiger charge is -2.18. The van der Waals surface area contributed by atoms with Gasteiger partial charge in [0.15, 0.2) is 4.34 Å². The maximum Gasteiger partial charge on any atom is 0.230 e. The average molecular weight is 346 g/mol. The summed E-state index contributed by atoms with van der Waals surface area (Å²) in [4.78, 5) is 16.7. The molecule has 0 fully saturated rings. The monoisotopic (exact) mass is 345 g/mol. The van der Waals surface area contributed by atoms with Crippen LogP contribution in [0.3, 0.4) is 0 Å². The molecule has 0 aliphatic rings. The summed E-state index contributed by atoms with van der Waals surface area (Å²) in [6.45, 7) is 5.71. The van der Waals surface area contributed by atoms with Crippen molar-refractivity contribution in [3.63, 3.8) is 0 Å². The molecule has 0 radical (unpaired) electrons. The third-order valence-electron chi connectivity index (χ3n) is 2.58. The Morgan fingerprint density at radius 2 is 1.81 bits per heavy atom. The van der Waals surface area contributed by atoms with Gasteiger partial charge in [0.25, 0.3) is 0 Å². The average Bonchev–Trinajstić information content (AvgIpc) is 2.88. The molecule has 0 aliphatic heterocycles. The van der Waals surface area contributed by atoms with Gasteiger partial charge < -0.3 is 9.80 Å². The van der Waals surface area contributed by atoms with Gasteiger partial charge in [-0.15, -0.1) is 10.2 Å². The zero-order valence-electron chi connectivity index (χ0n) is 12.2. The second-order valence-corrected chi connectivity index (χ2v) is 6.71. The van der Waals surface area contributed by atoms with Gasteiger partial charge in [-0.05, 0) is 37.2 Å². The van der Waals surface area contributed by atoms with Gasteiger partial charge >= 0.3 is 0 Å². The summed E-state index contributed by atoms with van der Waals surface area (Å²) in [6, 6.07) is 0. The third kappa shape index (κ3) is 4.14. The summed E-state index contributed by atoms with van der Waals surface area (Å²) >= 11 is 8.80. The molecule has 2 aromatic heterocycles. The van der Waals surface area contributed by atoms with E-state index in [4.69, 9.17) is 11.6 Å². The van der Waals surface area contributed by atoms with Crippen LogP contribution < -0.4 is 9.80 Å². The van der Waals surface area contributed by atoms with Crippen molar-refractivity contribution >= 4 is 45.8 Å². The van der Waals surface area contributed by atoms with Crippen molar-refractivity contribution in [3.8, 4) is 0 Å². The molecule has 10 heteroatoms. The van der Waals surface area contributed by atoms with Gasteiger partial charge in [-0.1, -0.05) is 11.3 Å². The Labute approximate surface area is 136 Å². The zero-order chi connectivity index (χ0) is 15.4. The van der Waals surface area contributed by atoms with Crippen LogP contribution in [0.4, 0.5) is 11.1 Å². The molecule has 2 aromatic rings. The highest BCUT2D eigenvalue weighted by atomic mass is 35.5. The van der Waals surface area contributed by atoms with Crippen LogP contribution in [-0.4, -0.2) is 52.3 Å². The predicted octanol–water partition coefficient (Wildman–Crippen LogP) is 2.44. The zero-order valence-corrected chi connectivity index (χ0v) is 14.6. The SMILES string of the molecule is CCN(CC)c1nc(Cl)nc(Sc2nnc(N(C)C)s2)n1. The number of nitrogens with zero attached hydrogens (tertiary/aromatic N) is 7. The molecule has 0 saturated carbocycles. The Balaban J connectivity index is 2.22. The first-order valence-electron chi connectivity index (χ1n) is 6.38. The van der Waals surface area contributed by atoms with Gasteiger partial charge in [-0.2, -0.15) is 15.0 Å². The normalized spacial score (nSPS) is 10.7. The molecule has 7 nitrogen and oxygen atoms in total. The lowest BCUT2D eigenvalue weighted by molar-refractivity contribution is 0.781. The molecule has 21 heavy (non-hydrogen) atoms. The topological polar surface area (TPSA) is 70.9 Å². The number of aromatic nitrogens is 5. The van der Waals surface area contributed by atoms with E-state index in [0.717, 1.165) is 22.6 Å². The van der Waals surface area contributed by atoms with E-state index in [9.17, 15) is 0 Å². The maximum atomic E-state index is 5.99. The van der Waals surface area contributed by atoms with Crippen LogP contribution in [0.2, 0.25) is 5.28 Å². The highest BCUT2D eigenvalue weighted by Crippen LogP contribution is 2.31. The minimum Gasteiger partial charge on any atom is -0.353 e. The highest BCUT2D eigenvalue weighted by Gasteiger charge is 2.14. The molecular formula is C11H16ClN7S2. The second-order valence-electron chi connectivity index (χ2n) is 4.21. The number of hydrogen-bond donors (Lipinski definition) is 0. The highest BCUT2D eigenvalue weighted by molar-refractivity contribution is 8.00. The van der Waals surface area contributed by atoms with E-state index in [2.05, 4.69) is 25.1 Å². The molecule has 0 N–H and O–H groups in total. The van der Waals surface area contributed by atoms with Crippen LogP contribution in [0.15, 0.2) is 9.50 Å². The van der Waals surface area contributed by atoms with Gasteiger partial charge in [-0.25, -0.2) is 0 Å².